The third kappa shape index (κ3) is 5.17. The van der Waals surface area contributed by atoms with Gasteiger partial charge in [0.05, 0.1) is 37.9 Å². The molecule has 2 aliphatic heterocycles. The number of carbonyl (C=O) groups excluding carboxylic acids is 1. The number of phenolic OH excluding ortho intramolecular Hbond substituents is 1. The van der Waals surface area contributed by atoms with Gasteiger partial charge in [-0.2, -0.15) is 0 Å². The molecule has 2 amide bonds. The number of methoxy groups -OCH3 is 3. The molecule has 1 spiro atoms. The number of amides is 2. The molecule has 2 aromatic carbocycles. The van der Waals surface area contributed by atoms with Crippen molar-refractivity contribution >= 4 is 22.0 Å². The number of aliphatic hydroxyl groups is 1. The molecule has 0 radical (unpaired) electrons. The third-order valence-electron chi connectivity index (χ3n) is 8.08. The molecule has 2 aliphatic rings. The Morgan fingerprint density at radius 3 is 2.10 bits per heavy atom. The van der Waals surface area contributed by atoms with Crippen molar-refractivity contribution in [3.05, 3.63) is 58.6 Å². The molecule has 2 aromatic rings. The number of likely N-dealkylation sites (tertiary alicyclic amines) is 1. The monoisotopic (exact) mass is 603 g/mol. The number of aromatic hydroxyl groups is 1. The molecule has 0 aliphatic carbocycles. The van der Waals surface area contributed by atoms with Crippen molar-refractivity contribution in [1.29, 1.82) is 0 Å². The molecule has 39 heavy (non-hydrogen) atoms. The van der Waals surface area contributed by atoms with Crippen molar-refractivity contribution in [1.82, 2.24) is 14.7 Å². The van der Waals surface area contributed by atoms with E-state index in [1.807, 2.05) is 30.0 Å². The summed E-state index contributed by atoms with van der Waals surface area (Å²) in [5.74, 6) is 1.95. The average Bonchev–Trinajstić information content (AvgIpc) is 3.09. The molecule has 2 saturated heterocycles. The number of piperidine rings is 1. The van der Waals surface area contributed by atoms with Crippen molar-refractivity contribution in [3.8, 4) is 23.0 Å². The number of halogens is 1. The van der Waals surface area contributed by atoms with Gasteiger partial charge in [-0.1, -0.05) is 6.08 Å². The summed E-state index contributed by atoms with van der Waals surface area (Å²) in [6, 6.07) is 8.88. The minimum Gasteiger partial charge on any atom is -0.507 e. The summed E-state index contributed by atoms with van der Waals surface area (Å²) in [4.78, 5) is 19.5. The van der Waals surface area contributed by atoms with Gasteiger partial charge in [0, 0.05) is 44.7 Å². The fourth-order valence-corrected chi connectivity index (χ4v) is 6.46. The van der Waals surface area contributed by atoms with E-state index in [1.165, 1.54) is 18.1 Å². The minimum atomic E-state index is -1.48. The van der Waals surface area contributed by atoms with Crippen molar-refractivity contribution < 1.29 is 29.2 Å². The van der Waals surface area contributed by atoms with Gasteiger partial charge in [-0.3, -0.25) is 9.80 Å². The zero-order chi connectivity index (χ0) is 28.4. The van der Waals surface area contributed by atoms with Crippen LogP contribution < -0.4 is 14.2 Å². The lowest BCUT2D eigenvalue weighted by Gasteiger charge is -2.51. The summed E-state index contributed by atoms with van der Waals surface area (Å²) in [6.45, 7) is 8.50. The summed E-state index contributed by atoms with van der Waals surface area (Å²) in [5, 5.41) is 22.8. The van der Waals surface area contributed by atoms with Crippen LogP contribution in [0.4, 0.5) is 4.79 Å². The Labute approximate surface area is 238 Å². The fourth-order valence-electron chi connectivity index (χ4n) is 6.10. The highest BCUT2D eigenvalue weighted by Crippen LogP contribution is 2.50. The van der Waals surface area contributed by atoms with Gasteiger partial charge in [-0.15, -0.1) is 6.58 Å². The zero-order valence-corrected chi connectivity index (χ0v) is 24.7. The van der Waals surface area contributed by atoms with E-state index in [4.69, 9.17) is 14.2 Å². The van der Waals surface area contributed by atoms with Gasteiger partial charge in [0.25, 0.3) is 0 Å². The van der Waals surface area contributed by atoms with E-state index in [0.29, 0.717) is 54.8 Å². The van der Waals surface area contributed by atoms with Crippen LogP contribution >= 0.6 is 15.9 Å². The maximum Gasteiger partial charge on any atom is 0.323 e. The van der Waals surface area contributed by atoms with Crippen LogP contribution in [0.2, 0.25) is 0 Å². The lowest BCUT2D eigenvalue weighted by Crippen LogP contribution is -2.65. The smallest absolute Gasteiger partial charge is 0.323 e. The van der Waals surface area contributed by atoms with E-state index in [2.05, 4.69) is 27.4 Å². The van der Waals surface area contributed by atoms with Gasteiger partial charge >= 0.3 is 6.03 Å². The fraction of sp³-hybridized carbons (Fsp3) is 0.483. The molecular weight excluding hydrogens is 566 g/mol. The Balaban J connectivity index is 1.62. The first-order chi connectivity index (χ1) is 18.7. The highest BCUT2D eigenvalue weighted by atomic mass is 79.9. The first-order valence-electron chi connectivity index (χ1n) is 13.1. The number of carbonyl (C=O) groups is 1. The highest BCUT2D eigenvalue weighted by Gasteiger charge is 2.65. The molecule has 0 saturated carbocycles. The molecule has 212 valence electrons. The molecule has 2 fully saturated rings. The summed E-state index contributed by atoms with van der Waals surface area (Å²) in [5.41, 5.74) is -0.559. The lowest BCUT2D eigenvalue weighted by molar-refractivity contribution is -0.150. The molecule has 0 aromatic heterocycles. The largest absolute Gasteiger partial charge is 0.507 e. The van der Waals surface area contributed by atoms with Crippen LogP contribution in [0.3, 0.4) is 0 Å². The number of hydrogen-bond donors (Lipinski definition) is 2. The Bertz CT molecular complexity index is 1190. The molecule has 2 heterocycles. The zero-order valence-electron chi connectivity index (χ0n) is 23.1. The molecule has 2 N–H and O–H groups in total. The van der Waals surface area contributed by atoms with Crippen LogP contribution in [-0.4, -0.2) is 83.2 Å². The van der Waals surface area contributed by atoms with Crippen molar-refractivity contribution in [3.63, 3.8) is 0 Å². The van der Waals surface area contributed by atoms with E-state index in [1.54, 1.807) is 26.4 Å². The first kappa shape index (κ1) is 29.0. The topological polar surface area (TPSA) is 94.9 Å². The van der Waals surface area contributed by atoms with Crippen molar-refractivity contribution in [2.24, 2.45) is 0 Å². The summed E-state index contributed by atoms with van der Waals surface area (Å²) < 4.78 is 16.7. The Morgan fingerprint density at radius 1 is 0.974 bits per heavy atom. The summed E-state index contributed by atoms with van der Waals surface area (Å²) in [6.07, 6.45) is 3.09. The van der Waals surface area contributed by atoms with E-state index in [0.717, 1.165) is 17.1 Å². The molecule has 4 rings (SSSR count). The van der Waals surface area contributed by atoms with Gasteiger partial charge in [0.1, 0.15) is 23.0 Å². The summed E-state index contributed by atoms with van der Waals surface area (Å²) in [7, 11) is 4.79. The number of ether oxygens (including phenoxy) is 3. The highest BCUT2D eigenvalue weighted by molar-refractivity contribution is 9.10. The molecule has 1 atom stereocenters. The normalized spacial score (nSPS) is 20.9. The third-order valence-corrected chi connectivity index (χ3v) is 9.00. The van der Waals surface area contributed by atoms with Crippen LogP contribution in [-0.2, 0) is 13.1 Å². The minimum absolute atomic E-state index is 0.00722. The van der Waals surface area contributed by atoms with Gasteiger partial charge < -0.3 is 29.3 Å². The Kier molecular flexibility index (Phi) is 8.68. The standard InChI is InChI=1S/C29H38BrN3O6/c1-6-8-29(36)28(9-11-31(12-10-28)18-20-13-22(37-3)16-23(14-20)38-4)32(7-2)27(35)33(29)19-21-15-24(39-5)17-25(34)26(21)30/h6,13-17,34,36H,1,7-12,18-19H2,2-5H3. The second kappa shape index (κ2) is 11.7. The number of phenols is 1. The second-order valence-corrected chi connectivity index (χ2v) is 10.9. The van der Waals surface area contributed by atoms with E-state index >= 15 is 0 Å². The maximum absolute atomic E-state index is 13.9. The Morgan fingerprint density at radius 2 is 1.56 bits per heavy atom. The SMILES string of the molecule is C=CCC1(O)N(Cc2cc(OC)cc(O)c2Br)C(=O)N(CC)C12CCN(Cc1cc(OC)cc(OC)c1)CC2. The predicted molar refractivity (Wildman–Crippen MR) is 152 cm³/mol. The summed E-state index contributed by atoms with van der Waals surface area (Å²) >= 11 is 3.44. The quantitative estimate of drug-likeness (QED) is 0.379. The molecule has 1 unspecified atom stereocenters. The van der Waals surface area contributed by atoms with Crippen LogP contribution in [0.15, 0.2) is 47.5 Å². The average molecular weight is 605 g/mol. The van der Waals surface area contributed by atoms with E-state index < -0.39 is 11.3 Å². The first-order valence-corrected chi connectivity index (χ1v) is 13.9. The molecular formula is C29H38BrN3O6. The number of urea groups is 1. The number of likely N-dealkylation sites (N-methyl/N-ethyl adjacent to an activating group) is 1. The Hall–Kier alpha value is -2.95. The van der Waals surface area contributed by atoms with Crippen molar-refractivity contribution in [2.75, 3.05) is 41.0 Å². The van der Waals surface area contributed by atoms with Gasteiger partial charge in [0.2, 0.25) is 0 Å². The van der Waals surface area contributed by atoms with Crippen LogP contribution in [0, 0.1) is 0 Å². The van der Waals surface area contributed by atoms with E-state index in [9.17, 15) is 15.0 Å². The predicted octanol–water partition coefficient (Wildman–Crippen LogP) is 4.74. The molecule has 9 nitrogen and oxygen atoms in total. The van der Waals surface area contributed by atoms with Crippen molar-refractivity contribution in [2.45, 2.75) is 50.5 Å². The van der Waals surface area contributed by atoms with Crippen LogP contribution in [0.5, 0.6) is 23.0 Å². The molecule has 0 bridgehead atoms. The number of benzene rings is 2. The van der Waals surface area contributed by atoms with Gasteiger partial charge in [-0.25, -0.2) is 4.79 Å². The van der Waals surface area contributed by atoms with Gasteiger partial charge in [-0.05, 0) is 65.0 Å². The van der Waals surface area contributed by atoms with Crippen LogP contribution in [0.25, 0.3) is 0 Å². The van der Waals surface area contributed by atoms with Crippen LogP contribution in [0.1, 0.15) is 37.3 Å². The van der Waals surface area contributed by atoms with Gasteiger partial charge in [0.15, 0.2) is 5.72 Å². The number of hydrogen-bond acceptors (Lipinski definition) is 7. The maximum atomic E-state index is 13.9. The molecule has 10 heteroatoms. The lowest BCUT2D eigenvalue weighted by atomic mass is 9.75. The second-order valence-electron chi connectivity index (χ2n) is 10.1. The van der Waals surface area contributed by atoms with E-state index in [-0.39, 0.29) is 24.7 Å². The number of rotatable bonds is 10. The number of nitrogens with zero attached hydrogens (tertiary/aromatic N) is 3.